The van der Waals surface area contributed by atoms with Crippen molar-refractivity contribution >= 4 is 40.2 Å². The molecule has 5 rings (SSSR count). The van der Waals surface area contributed by atoms with Crippen LogP contribution < -0.4 is 25.7 Å². The maximum Gasteiger partial charge on any atom is 0.409 e. The molecule has 13 heteroatoms. The van der Waals surface area contributed by atoms with E-state index in [9.17, 15) is 29.7 Å². The van der Waals surface area contributed by atoms with Crippen LogP contribution in [0.25, 0.3) is 22.0 Å². The summed E-state index contributed by atoms with van der Waals surface area (Å²) in [4.78, 5) is 40.2. The van der Waals surface area contributed by atoms with Gasteiger partial charge in [0, 0.05) is 55.3 Å². The molecule has 0 bridgehead atoms. The third-order valence-corrected chi connectivity index (χ3v) is 8.70. The summed E-state index contributed by atoms with van der Waals surface area (Å²) in [5.41, 5.74) is 4.24. The number of nitrogens with one attached hydrogen (secondary N) is 3. The van der Waals surface area contributed by atoms with Crippen molar-refractivity contribution in [1.82, 2.24) is 15.2 Å². The maximum atomic E-state index is 12.9. The Kier molecular flexibility index (Phi) is 12.2. The van der Waals surface area contributed by atoms with Crippen molar-refractivity contribution < 1.29 is 34.4 Å². The Morgan fingerprint density at radius 1 is 1.00 bits per heavy atom. The van der Waals surface area contributed by atoms with Crippen molar-refractivity contribution in [1.29, 1.82) is 0 Å². The number of H-pyrrole nitrogens is 1. The molecule has 266 valence electrons. The first-order chi connectivity index (χ1) is 24.5. The number of aliphatic hydroxyl groups is 1. The number of nitrogens with zero attached hydrogens (tertiary/aromatic N) is 1. The molecule has 6 N–H and O–H groups in total. The average Bonchev–Trinajstić information content (AvgIpc) is 3.11. The number of aromatic amines is 1. The molecule has 0 aliphatic carbocycles. The Morgan fingerprint density at radius 2 is 1.78 bits per heavy atom. The van der Waals surface area contributed by atoms with Crippen LogP contribution in [0.15, 0.2) is 89.7 Å². The highest BCUT2D eigenvalue weighted by Crippen LogP contribution is 2.34. The van der Waals surface area contributed by atoms with Crippen LogP contribution in [0.3, 0.4) is 0 Å². The molecule has 1 aromatic heterocycles. The van der Waals surface area contributed by atoms with Crippen LogP contribution in [0.2, 0.25) is 5.02 Å². The van der Waals surface area contributed by atoms with Gasteiger partial charge in [0.05, 0.1) is 29.4 Å². The highest BCUT2D eigenvalue weighted by molar-refractivity contribution is 6.32. The van der Waals surface area contributed by atoms with E-state index in [1.54, 1.807) is 36.2 Å². The third-order valence-electron chi connectivity index (χ3n) is 8.40. The van der Waals surface area contributed by atoms with Gasteiger partial charge >= 0.3 is 6.09 Å². The van der Waals surface area contributed by atoms with E-state index in [1.165, 1.54) is 19.2 Å². The number of ether oxygens (including phenoxy) is 2. The normalized spacial score (nSPS) is 11.6. The summed E-state index contributed by atoms with van der Waals surface area (Å²) in [6.45, 7) is 0.652. The van der Waals surface area contributed by atoms with Gasteiger partial charge in [-0.1, -0.05) is 60.1 Å². The summed E-state index contributed by atoms with van der Waals surface area (Å²) in [7, 11) is 3.19. The molecule has 0 saturated heterocycles. The van der Waals surface area contributed by atoms with Crippen LogP contribution in [0.4, 0.5) is 10.5 Å². The van der Waals surface area contributed by atoms with E-state index in [2.05, 4.69) is 15.6 Å². The molecule has 0 spiro atoms. The molecule has 12 nitrogen and oxygen atoms in total. The number of aryl methyl sites for hydroxylation is 1. The van der Waals surface area contributed by atoms with Gasteiger partial charge in [-0.15, -0.1) is 0 Å². The van der Waals surface area contributed by atoms with E-state index in [0.717, 1.165) is 16.7 Å². The molecule has 0 saturated carbocycles. The number of aromatic hydroxyl groups is 1. The van der Waals surface area contributed by atoms with Crippen molar-refractivity contribution in [2.45, 2.75) is 25.5 Å². The molecule has 0 fully saturated rings. The lowest BCUT2D eigenvalue weighted by atomic mass is 9.99. The largest absolute Gasteiger partial charge is 0.506 e. The summed E-state index contributed by atoms with van der Waals surface area (Å²) < 4.78 is 11.3. The number of halogens is 1. The zero-order valence-corrected chi connectivity index (χ0v) is 28.9. The van der Waals surface area contributed by atoms with Crippen molar-refractivity contribution in [3.05, 3.63) is 117 Å². The number of phenolic OH excluding ortho intramolecular Hbond substituents is 1. The minimum Gasteiger partial charge on any atom is -0.506 e. The number of carbonyl (C=O) groups is 2. The molecular formula is C38H39ClN4O8. The number of hydrogen-bond donors (Lipinski definition) is 6. The Balaban J connectivity index is 1.12. The molecule has 1 unspecified atom stereocenters. The smallest absolute Gasteiger partial charge is 0.409 e. The van der Waals surface area contributed by atoms with Gasteiger partial charge in [0.1, 0.15) is 17.2 Å². The van der Waals surface area contributed by atoms with Crippen molar-refractivity contribution in [2.24, 2.45) is 0 Å². The van der Waals surface area contributed by atoms with E-state index in [0.29, 0.717) is 47.3 Å². The van der Waals surface area contributed by atoms with E-state index < -0.39 is 12.2 Å². The number of benzene rings is 4. The number of rotatable bonds is 15. The summed E-state index contributed by atoms with van der Waals surface area (Å²) in [6.07, 6.45) is -0.815. The lowest BCUT2D eigenvalue weighted by Crippen LogP contribution is -2.32. The molecule has 51 heavy (non-hydrogen) atoms. The summed E-state index contributed by atoms with van der Waals surface area (Å²) >= 11 is 6.52. The maximum absolute atomic E-state index is 12.9. The SMILES string of the molecule is COc1cc(OCC(=O)N(C)CCCc2ccc(-c3ccccc3)c(NC(=O)O)c2)c(Cl)cc1CNCC(O)c1ccc(O)c2[nH]c(=O)ccc12. The van der Waals surface area contributed by atoms with Crippen molar-refractivity contribution in [3.8, 4) is 28.4 Å². The number of pyridine rings is 1. The standard InChI is InChI=1S/C38H39ClN4O8/c1-43(16-6-7-23-10-11-26(24-8-4-3-5-9-24)30(17-23)41-38(48)49)36(47)22-51-34-19-33(50-2)25(18-29(34)39)20-40-21-32(45)27-12-14-31(44)37-28(27)13-15-35(46)42-37/h3-5,8-15,17-19,32,40-41,44-45H,6-7,16,20-22H2,1-2H3,(H,42,46)(H,48,49). The van der Waals surface area contributed by atoms with Crippen LogP contribution in [-0.4, -0.2) is 71.1 Å². The molecule has 0 radical (unpaired) electrons. The Bertz CT molecular complexity index is 2070. The van der Waals surface area contributed by atoms with E-state index >= 15 is 0 Å². The number of fused-ring (bicyclic) bond motifs is 1. The molecule has 5 aromatic rings. The Morgan fingerprint density at radius 3 is 2.53 bits per heavy atom. The number of anilines is 1. The molecular weight excluding hydrogens is 676 g/mol. The number of amides is 2. The second-order valence-electron chi connectivity index (χ2n) is 11.9. The van der Waals surface area contributed by atoms with Crippen LogP contribution in [0.1, 0.15) is 29.2 Å². The van der Waals surface area contributed by atoms with Gasteiger partial charge in [-0.25, -0.2) is 4.79 Å². The Labute approximate surface area is 299 Å². The number of hydrogen-bond acceptors (Lipinski definition) is 8. The fraction of sp³-hybridized carbons (Fsp3) is 0.237. The van der Waals surface area contributed by atoms with E-state index in [4.69, 9.17) is 21.1 Å². The highest BCUT2D eigenvalue weighted by atomic mass is 35.5. The van der Waals surface area contributed by atoms with Crippen molar-refractivity contribution in [2.75, 3.05) is 39.2 Å². The molecule has 0 aliphatic heterocycles. The minimum atomic E-state index is -1.14. The van der Waals surface area contributed by atoms with Gasteiger partial charge in [-0.2, -0.15) is 0 Å². The van der Waals surface area contributed by atoms with Crippen molar-refractivity contribution in [3.63, 3.8) is 0 Å². The first-order valence-electron chi connectivity index (χ1n) is 16.2. The number of aliphatic hydroxyl groups excluding tert-OH is 1. The second kappa shape index (κ2) is 16.9. The molecule has 1 atom stereocenters. The number of aromatic nitrogens is 1. The first kappa shape index (κ1) is 36.7. The zero-order valence-electron chi connectivity index (χ0n) is 28.1. The van der Waals surface area contributed by atoms with Crippen LogP contribution in [0, 0.1) is 0 Å². The lowest BCUT2D eigenvalue weighted by Gasteiger charge is -2.19. The van der Waals surface area contributed by atoms with E-state index in [1.807, 2.05) is 48.5 Å². The molecule has 2 amide bonds. The number of phenols is 1. The summed E-state index contributed by atoms with van der Waals surface area (Å²) in [5, 5.41) is 36.8. The predicted octanol–water partition coefficient (Wildman–Crippen LogP) is 5.95. The summed E-state index contributed by atoms with van der Waals surface area (Å²) in [6, 6.07) is 24.4. The van der Waals surface area contributed by atoms with Crippen LogP contribution in [0.5, 0.6) is 17.2 Å². The van der Waals surface area contributed by atoms with Gasteiger partial charge in [0.15, 0.2) is 6.61 Å². The zero-order chi connectivity index (χ0) is 36.5. The van der Waals surface area contributed by atoms with Crippen LogP contribution in [-0.2, 0) is 17.8 Å². The lowest BCUT2D eigenvalue weighted by molar-refractivity contribution is -0.132. The van der Waals surface area contributed by atoms with Crippen LogP contribution >= 0.6 is 11.6 Å². The predicted molar refractivity (Wildman–Crippen MR) is 196 cm³/mol. The topological polar surface area (TPSA) is 173 Å². The van der Waals surface area contributed by atoms with Gasteiger partial charge in [-0.05, 0) is 53.8 Å². The number of likely N-dealkylation sites (N-methyl/N-ethyl adjacent to an activating group) is 1. The summed E-state index contributed by atoms with van der Waals surface area (Å²) in [5.74, 6) is 0.415. The quantitative estimate of drug-likeness (QED) is 0.0767. The molecule has 4 aromatic carbocycles. The Hall–Kier alpha value is -5.56. The number of carbonyl (C=O) groups excluding carboxylic acids is 1. The van der Waals surface area contributed by atoms with Gasteiger partial charge in [0.25, 0.3) is 5.91 Å². The van der Waals surface area contributed by atoms with Gasteiger partial charge in [-0.3, -0.25) is 14.9 Å². The third kappa shape index (κ3) is 9.37. The number of carboxylic acid groups (broad SMARTS) is 1. The number of methoxy groups -OCH3 is 1. The fourth-order valence-electron chi connectivity index (χ4n) is 5.75. The van der Waals surface area contributed by atoms with E-state index in [-0.39, 0.29) is 53.2 Å². The monoisotopic (exact) mass is 714 g/mol. The molecule has 0 aliphatic rings. The fourth-order valence-corrected chi connectivity index (χ4v) is 5.99. The van der Waals surface area contributed by atoms with Gasteiger partial charge in [0.2, 0.25) is 5.56 Å². The molecule has 1 heterocycles. The highest BCUT2D eigenvalue weighted by Gasteiger charge is 2.17. The average molecular weight is 715 g/mol. The second-order valence-corrected chi connectivity index (χ2v) is 12.3. The first-order valence-corrected chi connectivity index (χ1v) is 16.6. The van der Waals surface area contributed by atoms with Gasteiger partial charge < -0.3 is 40.0 Å². The minimum absolute atomic E-state index is 0.0880.